The maximum atomic E-state index is 9.44. The molecule has 1 aliphatic rings. The largest absolute Gasteiger partial charge is 0.390 e. The Labute approximate surface area is 86.3 Å². The second-order valence-corrected chi connectivity index (χ2v) is 3.09. The van der Waals surface area contributed by atoms with Gasteiger partial charge in [0.05, 0.1) is 6.10 Å². The molecular weight excluding hydrogens is 199 g/mol. The molecule has 1 aliphatic heterocycles. The van der Waals surface area contributed by atoms with Gasteiger partial charge in [-0.05, 0) is 27.1 Å². The quantitative estimate of drug-likeness (QED) is 0.654. The lowest BCUT2D eigenvalue weighted by Gasteiger charge is -2.33. The van der Waals surface area contributed by atoms with Gasteiger partial charge >= 0.3 is 0 Å². The lowest BCUT2D eigenvalue weighted by atomic mass is 10.0. The van der Waals surface area contributed by atoms with Crippen LogP contribution in [-0.2, 0) is 0 Å². The van der Waals surface area contributed by atoms with Crippen LogP contribution in [0.2, 0.25) is 0 Å². The Kier molecular flexibility index (Phi) is 8.63. The van der Waals surface area contributed by atoms with Crippen molar-refractivity contribution in [1.29, 1.82) is 0 Å². The summed E-state index contributed by atoms with van der Waals surface area (Å²) in [7, 11) is 4.03. The number of hydrogen-bond acceptors (Lipinski definition) is 3. The Morgan fingerprint density at radius 1 is 1.33 bits per heavy atom. The molecule has 1 heterocycles. The van der Waals surface area contributed by atoms with Crippen LogP contribution in [-0.4, -0.2) is 49.3 Å². The third kappa shape index (κ3) is 3.92. The highest BCUT2D eigenvalue weighted by atomic mass is 35.5. The van der Waals surface area contributed by atoms with Gasteiger partial charge in [0.15, 0.2) is 0 Å². The summed E-state index contributed by atoms with van der Waals surface area (Å²) in [5.41, 5.74) is 0. The standard InChI is InChI=1S/C7H16N2O.2ClH/c1-9(2)6-3-4-8-5-7(6)10;;/h6-8,10H,3-5H2,1-2H3;2*1H/t6-,7-;;/m0../s1. The zero-order valence-corrected chi connectivity index (χ0v) is 9.12. The molecule has 12 heavy (non-hydrogen) atoms. The number of aliphatic hydroxyl groups excluding tert-OH is 1. The van der Waals surface area contributed by atoms with Crippen LogP contribution in [0, 0.1) is 0 Å². The van der Waals surface area contributed by atoms with Crippen LogP contribution in [0.3, 0.4) is 0 Å². The molecule has 0 unspecified atom stereocenters. The molecule has 1 saturated heterocycles. The van der Waals surface area contributed by atoms with Crippen molar-refractivity contribution in [2.24, 2.45) is 0 Å². The molecule has 3 nitrogen and oxygen atoms in total. The van der Waals surface area contributed by atoms with Crippen LogP contribution in [0.25, 0.3) is 0 Å². The molecule has 2 N–H and O–H groups in total. The van der Waals surface area contributed by atoms with Gasteiger partial charge in [-0.15, -0.1) is 24.8 Å². The van der Waals surface area contributed by atoms with E-state index in [2.05, 4.69) is 10.2 Å². The van der Waals surface area contributed by atoms with Crippen LogP contribution in [0.5, 0.6) is 0 Å². The highest BCUT2D eigenvalue weighted by Crippen LogP contribution is 2.07. The first-order chi connectivity index (χ1) is 4.72. The van der Waals surface area contributed by atoms with Crippen molar-refractivity contribution in [2.45, 2.75) is 18.6 Å². The van der Waals surface area contributed by atoms with Crippen molar-refractivity contribution in [3.05, 3.63) is 0 Å². The van der Waals surface area contributed by atoms with Crippen LogP contribution < -0.4 is 5.32 Å². The van der Waals surface area contributed by atoms with E-state index in [0.717, 1.165) is 19.5 Å². The smallest absolute Gasteiger partial charge is 0.0819 e. The van der Waals surface area contributed by atoms with Crippen molar-refractivity contribution in [3.8, 4) is 0 Å². The summed E-state index contributed by atoms with van der Waals surface area (Å²) in [5, 5.41) is 12.6. The first kappa shape index (κ1) is 15.0. The Morgan fingerprint density at radius 3 is 2.25 bits per heavy atom. The molecule has 0 aromatic carbocycles. The van der Waals surface area contributed by atoms with Gasteiger partial charge in [0.2, 0.25) is 0 Å². The minimum absolute atomic E-state index is 0. The number of β-amino-alcohol motifs (C(OH)–C–C–N with tert-alkyl or cyclic N) is 1. The van der Waals surface area contributed by atoms with E-state index in [1.165, 1.54) is 0 Å². The number of nitrogens with zero attached hydrogens (tertiary/aromatic N) is 1. The van der Waals surface area contributed by atoms with Crippen LogP contribution in [0.1, 0.15) is 6.42 Å². The lowest BCUT2D eigenvalue weighted by molar-refractivity contribution is 0.0539. The molecule has 0 bridgehead atoms. The summed E-state index contributed by atoms with van der Waals surface area (Å²) in [6.45, 7) is 1.77. The van der Waals surface area contributed by atoms with E-state index < -0.39 is 0 Å². The monoisotopic (exact) mass is 216 g/mol. The second kappa shape index (κ2) is 6.92. The molecule has 0 saturated carbocycles. The summed E-state index contributed by atoms with van der Waals surface area (Å²) in [5.74, 6) is 0. The number of rotatable bonds is 1. The van der Waals surface area contributed by atoms with Gasteiger partial charge in [-0.25, -0.2) is 0 Å². The summed E-state index contributed by atoms with van der Waals surface area (Å²) >= 11 is 0. The van der Waals surface area contributed by atoms with Crippen molar-refractivity contribution < 1.29 is 5.11 Å². The number of halogens is 2. The van der Waals surface area contributed by atoms with E-state index in [9.17, 15) is 5.11 Å². The van der Waals surface area contributed by atoms with Crippen LogP contribution in [0.15, 0.2) is 0 Å². The Bertz CT molecular complexity index is 114. The van der Waals surface area contributed by atoms with E-state index in [1.807, 2.05) is 14.1 Å². The maximum Gasteiger partial charge on any atom is 0.0819 e. The zero-order valence-electron chi connectivity index (χ0n) is 7.49. The van der Waals surface area contributed by atoms with E-state index in [4.69, 9.17) is 0 Å². The highest BCUT2D eigenvalue weighted by Gasteiger charge is 2.23. The van der Waals surface area contributed by atoms with Gasteiger partial charge in [0, 0.05) is 12.6 Å². The molecule has 0 aromatic heterocycles. The van der Waals surface area contributed by atoms with Gasteiger partial charge in [-0.1, -0.05) is 0 Å². The predicted molar refractivity (Wildman–Crippen MR) is 55.5 cm³/mol. The van der Waals surface area contributed by atoms with Crippen LogP contribution >= 0.6 is 24.8 Å². The van der Waals surface area contributed by atoms with E-state index >= 15 is 0 Å². The van der Waals surface area contributed by atoms with E-state index in [1.54, 1.807) is 0 Å². The molecule has 0 aromatic rings. The molecule has 2 atom stereocenters. The van der Waals surface area contributed by atoms with Gasteiger partial charge in [0.1, 0.15) is 0 Å². The molecule has 76 valence electrons. The number of likely N-dealkylation sites (N-methyl/N-ethyl adjacent to an activating group) is 1. The molecular formula is C7H18Cl2N2O. The molecule has 0 spiro atoms. The summed E-state index contributed by atoms with van der Waals surface area (Å²) in [6.07, 6.45) is 0.859. The highest BCUT2D eigenvalue weighted by molar-refractivity contribution is 5.85. The number of aliphatic hydroxyl groups is 1. The second-order valence-electron chi connectivity index (χ2n) is 3.09. The number of nitrogens with one attached hydrogen (secondary N) is 1. The topological polar surface area (TPSA) is 35.5 Å². The lowest BCUT2D eigenvalue weighted by Crippen LogP contribution is -2.50. The van der Waals surface area contributed by atoms with E-state index in [0.29, 0.717) is 6.04 Å². The predicted octanol–water partition coefficient (Wildman–Crippen LogP) is 0.114. The molecule has 1 fully saturated rings. The molecule has 1 rings (SSSR count). The number of hydrogen-bond donors (Lipinski definition) is 2. The average molecular weight is 217 g/mol. The first-order valence-corrected chi connectivity index (χ1v) is 3.77. The third-order valence-corrected chi connectivity index (χ3v) is 2.08. The summed E-state index contributed by atoms with van der Waals surface area (Å²) < 4.78 is 0. The fraction of sp³-hybridized carbons (Fsp3) is 1.00. The SMILES string of the molecule is CN(C)[C@H]1CCNC[C@@H]1O.Cl.Cl. The van der Waals surface area contributed by atoms with Gasteiger partial charge in [0.25, 0.3) is 0 Å². The number of piperidine rings is 1. The van der Waals surface area contributed by atoms with Crippen molar-refractivity contribution in [1.82, 2.24) is 10.2 Å². The van der Waals surface area contributed by atoms with Crippen molar-refractivity contribution in [2.75, 3.05) is 27.2 Å². The minimum atomic E-state index is -0.191. The fourth-order valence-electron chi connectivity index (χ4n) is 1.43. The van der Waals surface area contributed by atoms with Gasteiger partial charge < -0.3 is 15.3 Å². The van der Waals surface area contributed by atoms with Gasteiger partial charge in [-0.3, -0.25) is 0 Å². The summed E-state index contributed by atoms with van der Waals surface area (Å²) in [4.78, 5) is 2.09. The fourth-order valence-corrected chi connectivity index (χ4v) is 1.43. The Hall–Kier alpha value is 0.460. The Balaban J connectivity index is 0. The summed E-state index contributed by atoms with van der Waals surface area (Å²) in [6, 6.07) is 0.348. The first-order valence-electron chi connectivity index (χ1n) is 3.77. The van der Waals surface area contributed by atoms with Crippen molar-refractivity contribution in [3.63, 3.8) is 0 Å². The molecule has 0 aliphatic carbocycles. The Morgan fingerprint density at radius 2 is 1.92 bits per heavy atom. The minimum Gasteiger partial charge on any atom is -0.390 e. The van der Waals surface area contributed by atoms with Crippen molar-refractivity contribution >= 4 is 24.8 Å². The third-order valence-electron chi connectivity index (χ3n) is 2.08. The molecule has 0 amide bonds. The normalized spacial score (nSPS) is 29.0. The molecule has 0 radical (unpaired) electrons. The zero-order chi connectivity index (χ0) is 7.56. The average Bonchev–Trinajstić information content (AvgIpc) is 1.88. The van der Waals surface area contributed by atoms with Crippen LogP contribution in [0.4, 0.5) is 0 Å². The molecule has 5 heteroatoms. The maximum absolute atomic E-state index is 9.44. The van der Waals surface area contributed by atoms with Gasteiger partial charge in [-0.2, -0.15) is 0 Å². The van der Waals surface area contributed by atoms with E-state index in [-0.39, 0.29) is 30.9 Å².